The number of ether oxygens (including phenoxy) is 3. The molecule has 0 amide bonds. The van der Waals surface area contributed by atoms with Gasteiger partial charge in [0.05, 0.1) is 20.8 Å². The smallest absolute Gasteiger partial charge is 0.373 e. The van der Waals surface area contributed by atoms with Gasteiger partial charge in [0, 0.05) is 14.7 Å². The summed E-state index contributed by atoms with van der Waals surface area (Å²) in [5, 5.41) is 8.77. The zero-order valence-corrected chi connectivity index (χ0v) is 19.7. The molecule has 0 aliphatic rings. The highest BCUT2D eigenvalue weighted by atomic mass is 127. The first-order valence-electron chi connectivity index (χ1n) is 9.13. The second-order valence-electron chi connectivity index (χ2n) is 6.27. The number of hydrogen-bond acceptors (Lipinski definition) is 8. The first kappa shape index (κ1) is 24.5. The molecular weight excluding hydrogens is 519 g/mol. The van der Waals surface area contributed by atoms with Crippen LogP contribution in [0.15, 0.2) is 45.2 Å². The van der Waals surface area contributed by atoms with Crippen LogP contribution >= 0.6 is 22.6 Å². The lowest BCUT2D eigenvalue weighted by Crippen LogP contribution is -1.99. The Balaban J connectivity index is 0.000000245. The summed E-state index contributed by atoms with van der Waals surface area (Å²) < 4.78 is 26.2. The van der Waals surface area contributed by atoms with Crippen LogP contribution in [-0.4, -0.2) is 31.3 Å². The lowest BCUT2D eigenvalue weighted by atomic mass is 10.2. The van der Waals surface area contributed by atoms with E-state index in [9.17, 15) is 9.59 Å². The second-order valence-corrected chi connectivity index (χ2v) is 7.51. The van der Waals surface area contributed by atoms with Crippen LogP contribution in [0.4, 0.5) is 0 Å². The van der Waals surface area contributed by atoms with E-state index in [0.717, 1.165) is 14.9 Å². The minimum absolute atomic E-state index is 0.124. The molecule has 1 N–H and O–H groups in total. The topological polar surface area (TPSA) is 108 Å². The number of carbonyl (C=O) groups is 2. The molecule has 8 nitrogen and oxygen atoms in total. The van der Waals surface area contributed by atoms with Crippen molar-refractivity contribution in [3.8, 4) is 5.75 Å². The first-order valence-corrected chi connectivity index (χ1v) is 10.2. The Hall–Kier alpha value is -2.79. The van der Waals surface area contributed by atoms with Gasteiger partial charge in [0.2, 0.25) is 11.5 Å². The molecule has 3 rings (SSSR count). The van der Waals surface area contributed by atoms with Crippen molar-refractivity contribution in [2.75, 3.05) is 14.2 Å². The number of aliphatic hydroxyl groups is 1. The number of carbonyl (C=O) groups excluding carboxylic acids is 2. The summed E-state index contributed by atoms with van der Waals surface area (Å²) in [4.78, 5) is 22.2. The average Bonchev–Trinajstić information content (AvgIpc) is 3.34. The molecule has 0 spiro atoms. The number of benzene rings is 1. The molecule has 0 fully saturated rings. The van der Waals surface area contributed by atoms with E-state index in [1.807, 2.05) is 24.3 Å². The maximum atomic E-state index is 11.3. The van der Waals surface area contributed by atoms with Crippen molar-refractivity contribution in [2.24, 2.45) is 0 Å². The van der Waals surface area contributed by atoms with Gasteiger partial charge >= 0.3 is 11.9 Å². The Morgan fingerprint density at radius 2 is 1.39 bits per heavy atom. The molecule has 0 atom stereocenters. The quantitative estimate of drug-likeness (QED) is 0.360. The number of esters is 2. The van der Waals surface area contributed by atoms with E-state index in [2.05, 4.69) is 32.1 Å². The van der Waals surface area contributed by atoms with Gasteiger partial charge in [-0.1, -0.05) is 0 Å². The average molecular weight is 542 g/mol. The first-order chi connectivity index (χ1) is 14.8. The molecule has 166 valence electrons. The summed E-state index contributed by atoms with van der Waals surface area (Å²) in [6, 6.07) is 10.9. The summed E-state index contributed by atoms with van der Waals surface area (Å²) in [5.74, 6) is 1.28. The molecule has 0 unspecified atom stereocenters. The second kappa shape index (κ2) is 11.6. The van der Waals surface area contributed by atoms with Crippen molar-refractivity contribution in [2.45, 2.75) is 27.1 Å². The molecule has 2 aromatic heterocycles. The lowest BCUT2D eigenvalue weighted by molar-refractivity contribution is 0.0556. The van der Waals surface area contributed by atoms with E-state index in [0.29, 0.717) is 23.7 Å². The van der Waals surface area contributed by atoms with Crippen molar-refractivity contribution in [3.05, 3.63) is 74.1 Å². The van der Waals surface area contributed by atoms with Crippen LogP contribution in [0, 0.1) is 17.4 Å². The van der Waals surface area contributed by atoms with E-state index < -0.39 is 11.9 Å². The fourth-order valence-corrected chi connectivity index (χ4v) is 2.79. The van der Waals surface area contributed by atoms with Gasteiger partial charge in [-0.05, 0) is 72.8 Å². The highest BCUT2D eigenvalue weighted by molar-refractivity contribution is 14.1. The third-order valence-corrected chi connectivity index (χ3v) is 4.91. The number of methoxy groups -OCH3 is 2. The van der Waals surface area contributed by atoms with Gasteiger partial charge in [-0.2, -0.15) is 0 Å². The Morgan fingerprint density at radius 3 is 1.84 bits per heavy atom. The number of hydrogen-bond donors (Lipinski definition) is 1. The third kappa shape index (κ3) is 6.86. The van der Waals surface area contributed by atoms with Crippen molar-refractivity contribution >= 4 is 34.5 Å². The van der Waals surface area contributed by atoms with E-state index in [1.165, 1.54) is 20.3 Å². The summed E-state index contributed by atoms with van der Waals surface area (Å²) in [7, 11) is 2.60. The van der Waals surface area contributed by atoms with E-state index in [-0.39, 0.29) is 18.1 Å². The highest BCUT2D eigenvalue weighted by Crippen LogP contribution is 2.19. The SMILES string of the molecule is COC(=O)c1cc(CO)c(C)o1.COC(=O)c1cc(COc2ccc(I)cc2)c(C)o1. The Labute approximate surface area is 193 Å². The van der Waals surface area contributed by atoms with Crippen LogP contribution in [0.1, 0.15) is 43.8 Å². The largest absolute Gasteiger partial charge is 0.489 e. The van der Waals surface area contributed by atoms with Gasteiger partial charge in [0.15, 0.2) is 0 Å². The number of furan rings is 2. The summed E-state index contributed by atoms with van der Waals surface area (Å²) in [6.45, 7) is 3.69. The number of aliphatic hydroxyl groups excluding tert-OH is 1. The van der Waals surface area contributed by atoms with Crippen LogP contribution in [0.3, 0.4) is 0 Å². The molecular formula is C22H23IO8. The zero-order valence-electron chi connectivity index (χ0n) is 17.6. The summed E-state index contributed by atoms with van der Waals surface area (Å²) in [6.07, 6.45) is 0. The third-order valence-electron chi connectivity index (χ3n) is 4.19. The molecule has 1 aromatic carbocycles. The number of aryl methyl sites for hydroxylation is 2. The molecule has 0 bridgehead atoms. The molecule has 0 saturated heterocycles. The standard InChI is InChI=1S/C14H13IO4.C8H10O4/c1-9-10(7-13(19-9)14(16)17-2)8-18-12-5-3-11(15)4-6-12;1-5-6(4-9)3-7(12-5)8(10)11-2/h3-7H,8H2,1-2H3;3,9H,4H2,1-2H3. The molecule has 3 aromatic rings. The molecule has 0 radical (unpaired) electrons. The van der Waals surface area contributed by atoms with Gasteiger partial charge in [-0.25, -0.2) is 9.59 Å². The highest BCUT2D eigenvalue weighted by Gasteiger charge is 2.15. The number of halogens is 1. The minimum Gasteiger partial charge on any atom is -0.489 e. The van der Waals surface area contributed by atoms with Crippen LogP contribution in [-0.2, 0) is 22.7 Å². The fraction of sp³-hybridized carbons (Fsp3) is 0.273. The van der Waals surface area contributed by atoms with Crippen LogP contribution in [0.25, 0.3) is 0 Å². The maximum absolute atomic E-state index is 11.3. The van der Waals surface area contributed by atoms with Crippen LogP contribution in [0.5, 0.6) is 5.75 Å². The van der Waals surface area contributed by atoms with Crippen molar-refractivity contribution in [3.63, 3.8) is 0 Å². The minimum atomic E-state index is -0.530. The van der Waals surface area contributed by atoms with Crippen molar-refractivity contribution in [1.82, 2.24) is 0 Å². The summed E-state index contributed by atoms with van der Waals surface area (Å²) in [5.41, 5.74) is 1.44. The van der Waals surface area contributed by atoms with Crippen molar-refractivity contribution < 1.29 is 37.7 Å². The van der Waals surface area contributed by atoms with Gasteiger partial charge in [-0.3, -0.25) is 0 Å². The molecule has 0 saturated carbocycles. The normalized spacial score (nSPS) is 10.1. The molecule has 2 heterocycles. The number of rotatable bonds is 6. The van der Waals surface area contributed by atoms with Crippen molar-refractivity contribution in [1.29, 1.82) is 0 Å². The molecule has 0 aliphatic heterocycles. The van der Waals surface area contributed by atoms with Gasteiger partial charge in [0.25, 0.3) is 0 Å². The predicted octanol–water partition coefficient (Wildman–Crippen LogP) is 4.43. The monoisotopic (exact) mass is 542 g/mol. The lowest BCUT2D eigenvalue weighted by Gasteiger charge is -2.04. The molecule has 0 aliphatic carbocycles. The van der Waals surface area contributed by atoms with E-state index in [1.54, 1.807) is 19.9 Å². The Bertz CT molecular complexity index is 1020. The summed E-state index contributed by atoms with van der Waals surface area (Å²) >= 11 is 2.23. The zero-order chi connectivity index (χ0) is 23.0. The Kier molecular flexibility index (Phi) is 9.13. The van der Waals surface area contributed by atoms with Gasteiger partial charge < -0.3 is 28.2 Å². The molecule has 31 heavy (non-hydrogen) atoms. The molecule has 9 heteroatoms. The van der Waals surface area contributed by atoms with Gasteiger partial charge in [0.1, 0.15) is 23.9 Å². The maximum Gasteiger partial charge on any atom is 0.373 e. The van der Waals surface area contributed by atoms with Gasteiger partial charge in [-0.15, -0.1) is 0 Å². The predicted molar refractivity (Wildman–Crippen MR) is 119 cm³/mol. The van der Waals surface area contributed by atoms with Crippen LogP contribution < -0.4 is 4.74 Å². The Morgan fingerprint density at radius 1 is 0.903 bits per heavy atom. The van der Waals surface area contributed by atoms with Crippen LogP contribution in [0.2, 0.25) is 0 Å². The van der Waals surface area contributed by atoms with E-state index in [4.69, 9.17) is 18.7 Å². The fourth-order valence-electron chi connectivity index (χ4n) is 2.43. The van der Waals surface area contributed by atoms with E-state index >= 15 is 0 Å².